The predicted octanol–water partition coefficient (Wildman–Crippen LogP) is 1.65. The van der Waals surface area contributed by atoms with Crippen molar-refractivity contribution in [2.45, 2.75) is 19.9 Å². The number of hydrogen-bond donors (Lipinski definition) is 2. The fourth-order valence-electron chi connectivity index (χ4n) is 2.01. The van der Waals surface area contributed by atoms with Crippen LogP contribution in [0, 0.1) is 13.8 Å². The molecule has 5 heteroatoms. The van der Waals surface area contributed by atoms with Gasteiger partial charge in [-0.25, -0.2) is 0 Å². The van der Waals surface area contributed by atoms with Gasteiger partial charge in [0.25, 0.3) is 0 Å². The van der Waals surface area contributed by atoms with Gasteiger partial charge in [0.15, 0.2) is 0 Å². The molecule has 1 aromatic rings. The molecule has 4 nitrogen and oxygen atoms in total. The number of morpholine rings is 1. The van der Waals surface area contributed by atoms with Gasteiger partial charge in [-0.3, -0.25) is 4.79 Å². The smallest absolute Gasteiger partial charge is 0.243 e. The van der Waals surface area contributed by atoms with Crippen molar-refractivity contribution in [3.05, 3.63) is 29.3 Å². The van der Waals surface area contributed by atoms with E-state index in [0.717, 1.165) is 23.4 Å². The highest BCUT2D eigenvalue weighted by Gasteiger charge is 2.21. The second-order valence-corrected chi connectivity index (χ2v) is 4.45. The molecule has 1 fully saturated rings. The van der Waals surface area contributed by atoms with Gasteiger partial charge in [0.1, 0.15) is 6.04 Å². The minimum Gasteiger partial charge on any atom is -0.378 e. The summed E-state index contributed by atoms with van der Waals surface area (Å²) in [7, 11) is 0. The molecule has 0 aromatic heterocycles. The summed E-state index contributed by atoms with van der Waals surface area (Å²) in [6.07, 6.45) is 0. The zero-order valence-corrected chi connectivity index (χ0v) is 11.5. The Balaban J connectivity index is 0.00000162. The van der Waals surface area contributed by atoms with Crippen LogP contribution in [0.1, 0.15) is 11.1 Å². The second-order valence-electron chi connectivity index (χ2n) is 4.45. The van der Waals surface area contributed by atoms with Gasteiger partial charge in [-0.1, -0.05) is 6.07 Å². The van der Waals surface area contributed by atoms with Crippen LogP contribution in [0.25, 0.3) is 0 Å². The van der Waals surface area contributed by atoms with E-state index in [9.17, 15) is 4.79 Å². The average Bonchev–Trinajstić information content (AvgIpc) is 2.28. The minimum absolute atomic E-state index is 0. The van der Waals surface area contributed by atoms with Crippen LogP contribution in [0.3, 0.4) is 0 Å². The van der Waals surface area contributed by atoms with Crippen LogP contribution in [0.2, 0.25) is 0 Å². The number of ether oxygens (including phenoxy) is 1. The highest BCUT2D eigenvalue weighted by Crippen LogP contribution is 2.14. The Labute approximate surface area is 114 Å². The van der Waals surface area contributed by atoms with Gasteiger partial charge in [0.2, 0.25) is 5.91 Å². The van der Waals surface area contributed by atoms with Crippen molar-refractivity contribution in [1.82, 2.24) is 5.32 Å². The van der Waals surface area contributed by atoms with E-state index in [4.69, 9.17) is 4.74 Å². The van der Waals surface area contributed by atoms with Crippen LogP contribution in [0.5, 0.6) is 0 Å². The first-order chi connectivity index (χ1) is 8.15. The first kappa shape index (κ1) is 15.0. The summed E-state index contributed by atoms with van der Waals surface area (Å²) in [6.45, 7) is 5.88. The summed E-state index contributed by atoms with van der Waals surface area (Å²) in [5, 5.41) is 6.04. The van der Waals surface area contributed by atoms with E-state index in [0.29, 0.717) is 13.2 Å². The zero-order chi connectivity index (χ0) is 12.3. The summed E-state index contributed by atoms with van der Waals surface area (Å²) < 4.78 is 5.27. The number of carbonyl (C=O) groups is 1. The van der Waals surface area contributed by atoms with Gasteiger partial charge in [0.05, 0.1) is 13.2 Å². The van der Waals surface area contributed by atoms with Gasteiger partial charge in [-0.05, 0) is 37.1 Å². The van der Waals surface area contributed by atoms with Crippen LogP contribution in [-0.4, -0.2) is 31.7 Å². The first-order valence-electron chi connectivity index (χ1n) is 5.85. The van der Waals surface area contributed by atoms with Crippen LogP contribution in [0.4, 0.5) is 5.69 Å². The van der Waals surface area contributed by atoms with E-state index in [1.54, 1.807) is 0 Å². The highest BCUT2D eigenvalue weighted by atomic mass is 35.5. The Hall–Kier alpha value is -1.10. The molecule has 1 aliphatic heterocycles. The zero-order valence-electron chi connectivity index (χ0n) is 10.7. The molecular formula is C13H19ClN2O2. The van der Waals surface area contributed by atoms with Gasteiger partial charge in [0, 0.05) is 12.2 Å². The lowest BCUT2D eigenvalue weighted by Crippen LogP contribution is -2.48. The topological polar surface area (TPSA) is 50.4 Å². The van der Waals surface area contributed by atoms with E-state index >= 15 is 0 Å². The Kier molecular flexibility index (Phi) is 5.59. The third-order valence-corrected chi connectivity index (χ3v) is 2.73. The second kappa shape index (κ2) is 6.73. The number of halogens is 1. The molecule has 1 aromatic carbocycles. The molecule has 1 saturated heterocycles. The van der Waals surface area contributed by atoms with Crippen LogP contribution < -0.4 is 10.6 Å². The SMILES string of the molecule is Cc1cc(C)cc(NC(=O)C2COCCN2)c1.Cl. The Bertz CT molecular complexity index is 397. The maximum absolute atomic E-state index is 11.9. The van der Waals surface area contributed by atoms with E-state index in [2.05, 4.69) is 16.7 Å². The van der Waals surface area contributed by atoms with Crippen LogP contribution in [0.15, 0.2) is 18.2 Å². The summed E-state index contributed by atoms with van der Waals surface area (Å²) >= 11 is 0. The highest BCUT2D eigenvalue weighted by molar-refractivity contribution is 5.95. The third kappa shape index (κ3) is 3.98. The number of benzene rings is 1. The van der Waals surface area contributed by atoms with E-state index in [1.807, 2.05) is 26.0 Å². The fraction of sp³-hybridized carbons (Fsp3) is 0.462. The molecule has 2 N–H and O–H groups in total. The molecule has 1 atom stereocenters. The first-order valence-corrected chi connectivity index (χ1v) is 5.85. The molecule has 0 bridgehead atoms. The molecule has 1 amide bonds. The lowest BCUT2D eigenvalue weighted by Gasteiger charge is -2.23. The standard InChI is InChI=1S/C13H18N2O2.ClH/c1-9-5-10(2)7-11(6-9)15-13(16)12-8-17-4-3-14-12;/h5-7,12,14H,3-4,8H2,1-2H3,(H,15,16);1H. The number of aryl methyl sites for hydroxylation is 2. The number of hydrogen-bond acceptors (Lipinski definition) is 3. The molecule has 1 heterocycles. The van der Waals surface area contributed by atoms with Crippen molar-refractivity contribution in [2.75, 3.05) is 25.1 Å². The van der Waals surface area contributed by atoms with Crippen molar-refractivity contribution < 1.29 is 9.53 Å². The van der Waals surface area contributed by atoms with E-state index < -0.39 is 0 Å². The molecule has 100 valence electrons. The fourth-order valence-corrected chi connectivity index (χ4v) is 2.01. The molecule has 0 radical (unpaired) electrons. The van der Waals surface area contributed by atoms with Crippen molar-refractivity contribution >= 4 is 24.0 Å². The Morgan fingerprint density at radius 1 is 1.33 bits per heavy atom. The van der Waals surface area contributed by atoms with Crippen molar-refractivity contribution in [2.24, 2.45) is 0 Å². The third-order valence-electron chi connectivity index (χ3n) is 2.73. The number of carbonyl (C=O) groups excluding carboxylic acids is 1. The lowest BCUT2D eigenvalue weighted by molar-refractivity contribution is -0.120. The molecule has 18 heavy (non-hydrogen) atoms. The van der Waals surface area contributed by atoms with Crippen molar-refractivity contribution in [3.8, 4) is 0 Å². The Morgan fingerprint density at radius 3 is 2.56 bits per heavy atom. The van der Waals surface area contributed by atoms with Crippen LogP contribution in [-0.2, 0) is 9.53 Å². The van der Waals surface area contributed by atoms with Gasteiger partial charge >= 0.3 is 0 Å². The van der Waals surface area contributed by atoms with Crippen molar-refractivity contribution in [3.63, 3.8) is 0 Å². The summed E-state index contributed by atoms with van der Waals surface area (Å²) in [6, 6.07) is 5.77. The average molecular weight is 271 g/mol. The van der Waals surface area contributed by atoms with E-state index in [1.165, 1.54) is 0 Å². The molecule has 0 spiro atoms. The monoisotopic (exact) mass is 270 g/mol. The van der Waals surface area contributed by atoms with Gasteiger partial charge < -0.3 is 15.4 Å². The largest absolute Gasteiger partial charge is 0.378 e. The molecule has 1 aliphatic rings. The molecule has 1 unspecified atom stereocenters. The van der Waals surface area contributed by atoms with Gasteiger partial charge in [-0.15, -0.1) is 12.4 Å². The summed E-state index contributed by atoms with van der Waals surface area (Å²) in [5.41, 5.74) is 3.14. The summed E-state index contributed by atoms with van der Waals surface area (Å²) in [4.78, 5) is 11.9. The maximum atomic E-state index is 11.9. The maximum Gasteiger partial charge on any atom is 0.243 e. The van der Waals surface area contributed by atoms with Gasteiger partial charge in [-0.2, -0.15) is 0 Å². The molecule has 2 rings (SSSR count). The number of rotatable bonds is 2. The number of amides is 1. The molecule has 0 saturated carbocycles. The Morgan fingerprint density at radius 2 is 2.00 bits per heavy atom. The lowest BCUT2D eigenvalue weighted by atomic mass is 10.1. The van der Waals surface area contributed by atoms with Crippen LogP contribution >= 0.6 is 12.4 Å². The number of anilines is 1. The normalized spacial score (nSPS) is 18.9. The number of nitrogens with one attached hydrogen (secondary N) is 2. The molecule has 0 aliphatic carbocycles. The quantitative estimate of drug-likeness (QED) is 0.859. The summed E-state index contributed by atoms with van der Waals surface area (Å²) in [5.74, 6) is -0.0327. The van der Waals surface area contributed by atoms with E-state index in [-0.39, 0.29) is 24.4 Å². The predicted molar refractivity (Wildman–Crippen MR) is 74.4 cm³/mol. The minimum atomic E-state index is -0.246. The van der Waals surface area contributed by atoms with Crippen molar-refractivity contribution in [1.29, 1.82) is 0 Å². The molecular weight excluding hydrogens is 252 g/mol.